The van der Waals surface area contributed by atoms with Crippen molar-refractivity contribution in [2.24, 2.45) is 0 Å². The van der Waals surface area contributed by atoms with E-state index in [0.717, 1.165) is 6.42 Å². The average molecular weight is 244 g/mol. The molecule has 0 fully saturated rings. The molecule has 1 N–H and O–H groups in total. The molecule has 0 aliphatic heterocycles. The Morgan fingerprint density at radius 2 is 1.61 bits per heavy atom. The molecule has 2 heteroatoms. The van der Waals surface area contributed by atoms with Crippen molar-refractivity contribution in [3.05, 3.63) is 72.4 Å². The third-order valence-corrected chi connectivity index (χ3v) is 1.94. The topological polar surface area (TPSA) is 37.3 Å². The Morgan fingerprint density at radius 3 is 2.22 bits per heavy atom. The van der Waals surface area contributed by atoms with Crippen molar-refractivity contribution in [2.75, 3.05) is 0 Å². The Balaban J connectivity index is 4.17. The molecule has 0 aromatic heterocycles. The monoisotopic (exact) mass is 244 g/mol. The van der Waals surface area contributed by atoms with Gasteiger partial charge in [0.05, 0.1) is 5.57 Å². The number of hydrogen-bond acceptors (Lipinski definition) is 1. The molecule has 0 saturated heterocycles. The van der Waals surface area contributed by atoms with E-state index in [0.29, 0.717) is 0 Å². The summed E-state index contributed by atoms with van der Waals surface area (Å²) in [5.74, 6) is -0.914. The number of hydrogen-bond donors (Lipinski definition) is 1. The zero-order valence-corrected chi connectivity index (χ0v) is 10.9. The highest BCUT2D eigenvalue weighted by Crippen LogP contribution is 1.98. The van der Waals surface area contributed by atoms with Gasteiger partial charge in [-0.1, -0.05) is 60.8 Å². The lowest BCUT2D eigenvalue weighted by atomic mass is 10.2. The van der Waals surface area contributed by atoms with Gasteiger partial charge in [0.2, 0.25) is 0 Å². The fourth-order valence-electron chi connectivity index (χ4n) is 1.10. The third kappa shape index (κ3) is 9.16. The summed E-state index contributed by atoms with van der Waals surface area (Å²) in [4.78, 5) is 10.8. The van der Waals surface area contributed by atoms with Crippen molar-refractivity contribution in [3.8, 4) is 0 Å². The second kappa shape index (κ2) is 11.4. The lowest BCUT2D eigenvalue weighted by Crippen LogP contribution is -1.96. The summed E-state index contributed by atoms with van der Waals surface area (Å²) in [5, 5.41) is 8.84. The summed E-state index contributed by atoms with van der Waals surface area (Å²) in [5.41, 5.74) is 0.283. The van der Waals surface area contributed by atoms with Crippen LogP contribution in [0.3, 0.4) is 0 Å². The van der Waals surface area contributed by atoms with Crippen LogP contribution < -0.4 is 0 Å². The van der Waals surface area contributed by atoms with Crippen molar-refractivity contribution >= 4 is 5.97 Å². The summed E-state index contributed by atoms with van der Waals surface area (Å²) in [6.45, 7) is 3.76. The number of aliphatic carboxylic acids is 1. The summed E-state index contributed by atoms with van der Waals surface area (Å²) in [7, 11) is 0. The molecule has 0 saturated carbocycles. The summed E-state index contributed by atoms with van der Waals surface area (Å²) in [6, 6.07) is 0. The van der Waals surface area contributed by atoms with Crippen LogP contribution in [-0.4, -0.2) is 11.1 Å². The molecule has 96 valence electrons. The first kappa shape index (κ1) is 15.9. The molecule has 0 bridgehead atoms. The first-order chi connectivity index (χ1) is 8.72. The van der Waals surface area contributed by atoms with Gasteiger partial charge in [-0.15, -0.1) is 0 Å². The van der Waals surface area contributed by atoms with Gasteiger partial charge in [0, 0.05) is 0 Å². The minimum absolute atomic E-state index is 0.283. The van der Waals surface area contributed by atoms with Crippen molar-refractivity contribution < 1.29 is 9.90 Å². The van der Waals surface area contributed by atoms with E-state index in [-0.39, 0.29) is 5.57 Å². The van der Waals surface area contributed by atoms with Gasteiger partial charge in [-0.25, -0.2) is 4.79 Å². The van der Waals surface area contributed by atoms with E-state index >= 15 is 0 Å². The SMILES string of the molecule is CC=CC=CC=CCC=CC=C(C=CC)C(=O)O. The van der Waals surface area contributed by atoms with Gasteiger partial charge in [0.1, 0.15) is 0 Å². The maximum Gasteiger partial charge on any atom is 0.335 e. The van der Waals surface area contributed by atoms with Crippen LogP contribution in [-0.2, 0) is 4.79 Å². The Labute approximate surface area is 109 Å². The Morgan fingerprint density at radius 1 is 0.944 bits per heavy atom. The van der Waals surface area contributed by atoms with E-state index in [2.05, 4.69) is 0 Å². The molecule has 0 heterocycles. The van der Waals surface area contributed by atoms with Crippen molar-refractivity contribution in [2.45, 2.75) is 20.3 Å². The fraction of sp³-hybridized carbons (Fsp3) is 0.188. The van der Waals surface area contributed by atoms with E-state index in [1.165, 1.54) is 0 Å². The van der Waals surface area contributed by atoms with Gasteiger partial charge in [-0.05, 0) is 26.3 Å². The zero-order chi connectivity index (χ0) is 13.6. The van der Waals surface area contributed by atoms with Gasteiger partial charge in [-0.3, -0.25) is 0 Å². The standard InChI is InChI=1S/C16H20O2/c1-3-5-6-7-8-9-10-11-12-14-15(13-4-2)16(17)18/h3-9,11-14H,10H2,1-2H3,(H,17,18). The third-order valence-electron chi connectivity index (χ3n) is 1.94. The number of carboxylic acids is 1. The molecule has 0 spiro atoms. The maximum atomic E-state index is 10.8. The minimum Gasteiger partial charge on any atom is -0.478 e. The molecule has 0 amide bonds. The minimum atomic E-state index is -0.914. The smallest absolute Gasteiger partial charge is 0.335 e. The highest BCUT2D eigenvalue weighted by atomic mass is 16.4. The van der Waals surface area contributed by atoms with Crippen LogP contribution in [0, 0.1) is 0 Å². The summed E-state index contributed by atoms with van der Waals surface area (Å²) in [6.07, 6.45) is 21.1. The van der Waals surface area contributed by atoms with Gasteiger partial charge >= 0.3 is 5.97 Å². The van der Waals surface area contributed by atoms with E-state index < -0.39 is 5.97 Å². The van der Waals surface area contributed by atoms with Crippen molar-refractivity contribution in [1.29, 1.82) is 0 Å². The van der Waals surface area contributed by atoms with E-state index in [1.54, 1.807) is 31.2 Å². The lowest BCUT2D eigenvalue weighted by Gasteiger charge is -1.90. The molecule has 0 rings (SSSR count). The molecular weight excluding hydrogens is 224 g/mol. The molecule has 0 aromatic rings. The molecule has 0 atom stereocenters. The number of rotatable bonds is 7. The average Bonchev–Trinajstić information content (AvgIpc) is 2.35. The first-order valence-electron chi connectivity index (χ1n) is 5.89. The van der Waals surface area contributed by atoms with Gasteiger partial charge in [0.15, 0.2) is 0 Å². The Bertz CT molecular complexity index is 405. The Kier molecular flexibility index (Phi) is 10.1. The quantitative estimate of drug-likeness (QED) is 0.538. The lowest BCUT2D eigenvalue weighted by molar-refractivity contribution is -0.132. The molecule has 0 unspecified atom stereocenters. The maximum absolute atomic E-state index is 10.8. The van der Waals surface area contributed by atoms with Crippen molar-refractivity contribution in [1.82, 2.24) is 0 Å². The highest BCUT2D eigenvalue weighted by Gasteiger charge is 1.98. The predicted octanol–water partition coefficient (Wildman–Crippen LogP) is 4.21. The summed E-state index contributed by atoms with van der Waals surface area (Å²) < 4.78 is 0. The normalized spacial score (nSPS) is 14.0. The van der Waals surface area contributed by atoms with Crippen LogP contribution in [0.5, 0.6) is 0 Å². The van der Waals surface area contributed by atoms with Crippen LogP contribution in [0.1, 0.15) is 20.3 Å². The Hall–Kier alpha value is -2.09. The van der Waals surface area contributed by atoms with E-state index in [1.807, 2.05) is 49.5 Å². The second-order valence-corrected chi connectivity index (χ2v) is 3.43. The number of carbonyl (C=O) groups is 1. The largest absolute Gasteiger partial charge is 0.478 e. The van der Waals surface area contributed by atoms with Crippen molar-refractivity contribution in [3.63, 3.8) is 0 Å². The highest BCUT2D eigenvalue weighted by molar-refractivity contribution is 5.90. The number of allylic oxidation sites excluding steroid dienone is 10. The molecule has 0 radical (unpaired) electrons. The van der Waals surface area contributed by atoms with E-state index in [9.17, 15) is 4.79 Å². The van der Waals surface area contributed by atoms with Crippen LogP contribution >= 0.6 is 0 Å². The number of carboxylic acid groups (broad SMARTS) is 1. The van der Waals surface area contributed by atoms with Gasteiger partial charge in [-0.2, -0.15) is 0 Å². The van der Waals surface area contributed by atoms with Crippen LogP contribution in [0.25, 0.3) is 0 Å². The predicted molar refractivity (Wildman–Crippen MR) is 77.4 cm³/mol. The van der Waals surface area contributed by atoms with Gasteiger partial charge < -0.3 is 5.11 Å². The molecule has 0 aliphatic carbocycles. The molecule has 2 nitrogen and oxygen atoms in total. The first-order valence-corrected chi connectivity index (χ1v) is 5.89. The molecule has 0 aromatic carbocycles. The fourth-order valence-corrected chi connectivity index (χ4v) is 1.10. The molecule has 0 aliphatic rings. The zero-order valence-electron chi connectivity index (χ0n) is 10.9. The van der Waals surface area contributed by atoms with Crippen LogP contribution in [0.2, 0.25) is 0 Å². The van der Waals surface area contributed by atoms with Gasteiger partial charge in [0.25, 0.3) is 0 Å². The van der Waals surface area contributed by atoms with E-state index in [4.69, 9.17) is 5.11 Å². The summed E-state index contributed by atoms with van der Waals surface area (Å²) >= 11 is 0. The molecule has 18 heavy (non-hydrogen) atoms. The molecular formula is C16H20O2. The second-order valence-electron chi connectivity index (χ2n) is 3.43. The van der Waals surface area contributed by atoms with Crippen LogP contribution in [0.15, 0.2) is 72.4 Å². The van der Waals surface area contributed by atoms with Crippen LogP contribution in [0.4, 0.5) is 0 Å².